The molecule has 0 spiro atoms. The molecule has 3 heterocycles. The predicted octanol–water partition coefficient (Wildman–Crippen LogP) is 6.34. The first-order valence-corrected chi connectivity index (χ1v) is 14.0. The summed E-state index contributed by atoms with van der Waals surface area (Å²) >= 11 is 7.21. The Kier molecular flexibility index (Phi) is 7.42. The maximum atomic E-state index is 15.2. The number of ether oxygens (including phenoxy) is 1. The van der Waals surface area contributed by atoms with E-state index in [0.717, 1.165) is 22.8 Å². The first-order valence-electron chi connectivity index (χ1n) is 11.2. The van der Waals surface area contributed by atoms with Gasteiger partial charge in [0.2, 0.25) is 0 Å². The van der Waals surface area contributed by atoms with Crippen LogP contribution in [0.2, 0.25) is 5.02 Å². The first kappa shape index (κ1) is 28.1. The summed E-state index contributed by atoms with van der Waals surface area (Å²) in [6.45, 7) is 0. The summed E-state index contributed by atoms with van der Waals surface area (Å²) in [5.74, 6) is -3.73. The highest BCUT2D eigenvalue weighted by Gasteiger charge is 2.35. The number of benzene rings is 2. The molecular weight excluding hydrogens is 607 g/mol. The molecule has 210 valence electrons. The number of carboxylic acid groups (broad SMARTS) is 1. The van der Waals surface area contributed by atoms with Gasteiger partial charge in [-0.15, -0.1) is 15.6 Å². The van der Waals surface area contributed by atoms with Gasteiger partial charge in [0.05, 0.1) is 28.6 Å². The van der Waals surface area contributed by atoms with Gasteiger partial charge in [-0.05, 0) is 24.3 Å². The number of carbonyl (C=O) groups is 1. The normalized spacial score (nSPS) is 11.4. The van der Waals surface area contributed by atoms with E-state index < -0.39 is 44.3 Å². The van der Waals surface area contributed by atoms with Gasteiger partial charge in [-0.25, -0.2) is 31.4 Å². The SMILES string of the molecule is Cn1cc(-c2cc(-c3ccc(F)cc3F)ncc2Oc2cc(F)c(S(=O)(=O)N(C(=O)O)c3cscn3)cc2Cl)cn1. The average molecular weight is 622 g/mol. The van der Waals surface area contributed by atoms with Crippen molar-refractivity contribution in [2.75, 3.05) is 4.31 Å². The van der Waals surface area contributed by atoms with Crippen LogP contribution in [0.3, 0.4) is 0 Å². The Morgan fingerprint density at radius 2 is 1.83 bits per heavy atom. The van der Waals surface area contributed by atoms with Crippen molar-refractivity contribution in [3.63, 3.8) is 0 Å². The Bertz CT molecular complexity index is 1900. The van der Waals surface area contributed by atoms with Gasteiger partial charge in [-0.1, -0.05) is 11.6 Å². The number of aromatic nitrogens is 4. The van der Waals surface area contributed by atoms with Crippen LogP contribution in [0.4, 0.5) is 23.8 Å². The molecule has 0 unspecified atom stereocenters. The maximum absolute atomic E-state index is 15.2. The summed E-state index contributed by atoms with van der Waals surface area (Å²) in [5, 5.41) is 14.4. The number of sulfonamides is 1. The van der Waals surface area contributed by atoms with Crippen molar-refractivity contribution >= 4 is 44.9 Å². The van der Waals surface area contributed by atoms with Gasteiger partial charge in [-0.3, -0.25) is 9.67 Å². The van der Waals surface area contributed by atoms with Gasteiger partial charge in [0.25, 0.3) is 10.0 Å². The molecule has 1 N–H and O–H groups in total. The Morgan fingerprint density at radius 1 is 1.05 bits per heavy atom. The minimum atomic E-state index is -4.98. The molecule has 0 aliphatic heterocycles. The minimum absolute atomic E-state index is 0.00447. The van der Waals surface area contributed by atoms with Crippen LogP contribution in [0.5, 0.6) is 11.5 Å². The van der Waals surface area contributed by atoms with Gasteiger partial charge in [0.15, 0.2) is 11.6 Å². The summed E-state index contributed by atoms with van der Waals surface area (Å²) in [6.07, 6.45) is 2.39. The van der Waals surface area contributed by atoms with Crippen molar-refractivity contribution < 1.29 is 36.2 Å². The fourth-order valence-electron chi connectivity index (χ4n) is 3.79. The van der Waals surface area contributed by atoms with E-state index in [1.165, 1.54) is 34.7 Å². The molecule has 0 saturated carbocycles. The largest absolute Gasteiger partial charge is 0.464 e. The van der Waals surface area contributed by atoms with Crippen molar-refractivity contribution in [1.29, 1.82) is 0 Å². The topological polar surface area (TPSA) is 128 Å². The molecule has 10 nitrogen and oxygen atoms in total. The van der Waals surface area contributed by atoms with Crippen molar-refractivity contribution in [3.8, 4) is 33.9 Å². The smallest absolute Gasteiger partial charge is 0.427 e. The molecule has 0 aliphatic rings. The number of halogens is 4. The summed E-state index contributed by atoms with van der Waals surface area (Å²) in [7, 11) is -3.32. The number of pyridine rings is 1. The molecule has 3 aromatic heterocycles. The van der Waals surface area contributed by atoms with Crippen molar-refractivity contribution in [2.24, 2.45) is 7.05 Å². The molecular formula is C25H15ClF3N5O5S2. The van der Waals surface area contributed by atoms with Crippen LogP contribution in [0.25, 0.3) is 22.4 Å². The summed E-state index contributed by atoms with van der Waals surface area (Å²) in [5.41, 5.74) is 2.16. The van der Waals surface area contributed by atoms with Crippen molar-refractivity contribution in [2.45, 2.75) is 4.90 Å². The molecule has 0 aliphatic carbocycles. The second kappa shape index (κ2) is 10.8. The second-order valence-electron chi connectivity index (χ2n) is 8.31. The van der Waals surface area contributed by atoms with Crippen LogP contribution in [0.15, 0.2) is 70.8 Å². The zero-order valence-electron chi connectivity index (χ0n) is 20.5. The van der Waals surface area contributed by atoms with E-state index in [9.17, 15) is 27.1 Å². The van der Waals surface area contributed by atoms with Crippen LogP contribution in [0, 0.1) is 17.5 Å². The summed E-state index contributed by atoms with van der Waals surface area (Å²) < 4.78 is 76.5. The molecule has 0 atom stereocenters. The van der Waals surface area contributed by atoms with Crippen LogP contribution in [-0.2, 0) is 17.1 Å². The standard InChI is InChI=1S/C25H15ClF3N5O5S2/c1-33-10-13(8-32-33)16-5-20(15-3-2-14(27)4-18(15)28)30-9-22(16)39-21-7-19(29)23(6-17(21)26)41(37,38)34(25(35)36)24-11-40-12-31-24/h2-12H,1H3,(H,35,36). The Labute approximate surface area is 238 Å². The summed E-state index contributed by atoms with van der Waals surface area (Å²) in [4.78, 5) is 18.6. The number of rotatable bonds is 7. The predicted molar refractivity (Wildman–Crippen MR) is 143 cm³/mol. The second-order valence-corrected chi connectivity index (χ2v) is 11.2. The first-order chi connectivity index (χ1) is 19.5. The van der Waals surface area contributed by atoms with E-state index in [0.29, 0.717) is 29.3 Å². The molecule has 0 radical (unpaired) electrons. The molecule has 2 aromatic carbocycles. The fraction of sp³-hybridized carbons (Fsp3) is 0.0400. The minimum Gasteiger partial charge on any atom is -0.464 e. The van der Waals surface area contributed by atoms with Gasteiger partial charge < -0.3 is 9.84 Å². The molecule has 5 aromatic rings. The van der Waals surface area contributed by atoms with Crippen LogP contribution in [-0.4, -0.2) is 39.4 Å². The Hall–Kier alpha value is -4.47. The van der Waals surface area contributed by atoms with Crippen LogP contribution < -0.4 is 9.04 Å². The quantitative estimate of drug-likeness (QED) is 0.223. The van der Waals surface area contributed by atoms with Crippen LogP contribution in [0.1, 0.15) is 0 Å². The average Bonchev–Trinajstić information content (AvgIpc) is 3.58. The molecule has 5 rings (SSSR count). The number of thiazole rings is 1. The Balaban J connectivity index is 1.56. The number of hydrogen-bond acceptors (Lipinski definition) is 8. The molecule has 41 heavy (non-hydrogen) atoms. The van der Waals surface area contributed by atoms with Crippen molar-refractivity contribution in [1.82, 2.24) is 19.7 Å². The number of aryl methyl sites for hydroxylation is 1. The highest BCUT2D eigenvalue weighted by atomic mass is 35.5. The molecule has 1 amide bonds. The highest BCUT2D eigenvalue weighted by Crippen LogP contribution is 2.40. The highest BCUT2D eigenvalue weighted by molar-refractivity contribution is 7.93. The van der Waals surface area contributed by atoms with Gasteiger partial charge in [0.1, 0.15) is 28.1 Å². The van der Waals surface area contributed by atoms with Crippen molar-refractivity contribution in [3.05, 3.63) is 88.4 Å². The molecule has 0 bridgehead atoms. The van der Waals surface area contributed by atoms with E-state index in [4.69, 9.17) is 16.3 Å². The number of nitrogens with zero attached hydrogens (tertiary/aromatic N) is 5. The van der Waals surface area contributed by atoms with E-state index in [1.807, 2.05) is 0 Å². The number of hydrogen-bond donors (Lipinski definition) is 1. The van der Waals surface area contributed by atoms with E-state index >= 15 is 4.39 Å². The molecule has 0 fully saturated rings. The Morgan fingerprint density at radius 3 is 2.46 bits per heavy atom. The third-order valence-electron chi connectivity index (χ3n) is 5.62. The number of amides is 1. The molecule has 0 saturated heterocycles. The molecule has 16 heteroatoms. The maximum Gasteiger partial charge on any atom is 0.427 e. The lowest BCUT2D eigenvalue weighted by Gasteiger charge is -2.18. The lowest BCUT2D eigenvalue weighted by molar-refractivity contribution is 0.206. The third-order valence-corrected chi connectivity index (χ3v) is 8.18. The van der Waals surface area contributed by atoms with E-state index in [-0.39, 0.29) is 32.1 Å². The number of anilines is 1. The van der Waals surface area contributed by atoms with Gasteiger partial charge >= 0.3 is 6.09 Å². The van der Waals surface area contributed by atoms with Gasteiger partial charge in [-0.2, -0.15) is 5.10 Å². The third kappa shape index (κ3) is 5.46. The summed E-state index contributed by atoms with van der Waals surface area (Å²) in [6, 6.07) is 5.85. The van der Waals surface area contributed by atoms with E-state index in [1.54, 1.807) is 13.2 Å². The zero-order chi connectivity index (χ0) is 29.5. The fourth-order valence-corrected chi connectivity index (χ4v) is 5.96. The lowest BCUT2D eigenvalue weighted by Crippen LogP contribution is -2.36. The monoisotopic (exact) mass is 621 g/mol. The van der Waals surface area contributed by atoms with E-state index in [2.05, 4.69) is 15.1 Å². The zero-order valence-corrected chi connectivity index (χ0v) is 22.9. The lowest BCUT2D eigenvalue weighted by atomic mass is 10.0. The van der Waals surface area contributed by atoms with Gasteiger partial charge in [0, 0.05) is 47.4 Å². The van der Waals surface area contributed by atoms with Crippen LogP contribution >= 0.6 is 22.9 Å².